The molecule has 3 saturated carbocycles. The van der Waals surface area contributed by atoms with Gasteiger partial charge in [-0.25, -0.2) is 13.6 Å². The molecule has 0 spiro atoms. The molecule has 0 aliphatic heterocycles. The van der Waals surface area contributed by atoms with Crippen LogP contribution in [0, 0.1) is 34.5 Å². The zero-order valence-electron chi connectivity index (χ0n) is 19.5. The molecule has 10 heteroatoms. The van der Waals surface area contributed by atoms with Gasteiger partial charge in [0.2, 0.25) is 11.5 Å². The van der Waals surface area contributed by atoms with E-state index < -0.39 is 58.1 Å². The lowest BCUT2D eigenvalue weighted by atomic mass is 9.45. The average Bonchev–Trinajstić information content (AvgIpc) is 3.38. The number of ketones is 1. The molecule has 0 amide bonds. The molecule has 9 atom stereocenters. The van der Waals surface area contributed by atoms with E-state index in [1.807, 2.05) is 13.8 Å². The lowest BCUT2D eigenvalue weighted by Gasteiger charge is -2.62. The molecule has 4 aliphatic rings. The van der Waals surface area contributed by atoms with Gasteiger partial charge in [-0.3, -0.25) is 4.79 Å². The maximum Gasteiger partial charge on any atom is 0.382 e. The predicted octanol–water partition coefficient (Wildman–Crippen LogP) is 4.23. The first-order chi connectivity index (χ1) is 16.3. The molecule has 0 bridgehead atoms. The fourth-order valence-electron chi connectivity index (χ4n) is 7.71. The van der Waals surface area contributed by atoms with Gasteiger partial charge in [-0.2, -0.15) is 0 Å². The van der Waals surface area contributed by atoms with Crippen LogP contribution in [-0.4, -0.2) is 50.1 Å². The lowest BCUT2D eigenvalue weighted by Crippen LogP contribution is -2.68. The number of carbonyl (C=O) groups excluding carboxylic acids is 2. The van der Waals surface area contributed by atoms with E-state index in [9.17, 15) is 19.8 Å². The minimum atomic E-state index is -2.35. The molecule has 7 nitrogen and oxygen atoms in total. The molecule has 0 radical (unpaired) electrons. The number of halogens is 2. The molecule has 35 heavy (non-hydrogen) atoms. The highest BCUT2D eigenvalue weighted by Crippen LogP contribution is 2.70. The number of thiocarbonyl (C=S) groups is 1. The number of alkyl halides is 2. The van der Waals surface area contributed by atoms with Gasteiger partial charge in [0.05, 0.1) is 17.7 Å². The number of hydrogen-bond donors (Lipinski definition) is 2. The first kappa shape index (κ1) is 24.2. The summed E-state index contributed by atoms with van der Waals surface area (Å²) in [4.78, 5) is 25.1. The smallest absolute Gasteiger partial charge is 0.382 e. The molecule has 0 saturated heterocycles. The van der Waals surface area contributed by atoms with Crippen molar-refractivity contribution in [2.75, 3.05) is 0 Å². The van der Waals surface area contributed by atoms with Gasteiger partial charge in [0.15, 0.2) is 16.5 Å². The topological polar surface area (TPSA) is 110 Å². The second-order valence-corrected chi connectivity index (χ2v) is 11.3. The van der Waals surface area contributed by atoms with Crippen LogP contribution in [0.5, 0.6) is 0 Å². The number of carbonyl (C=O) groups is 2. The maximum atomic E-state index is 17.4. The Balaban J connectivity index is 1.58. The molecule has 4 aliphatic carbocycles. The van der Waals surface area contributed by atoms with Crippen molar-refractivity contribution in [1.29, 1.82) is 0 Å². The van der Waals surface area contributed by atoms with Gasteiger partial charge in [0.25, 0.3) is 0 Å². The number of hydrogen-bond acceptors (Lipinski definition) is 7. The molecule has 3 fully saturated rings. The fraction of sp³-hybridized carbons (Fsp3) is 0.600. The Morgan fingerprint density at radius 1 is 1.31 bits per heavy atom. The van der Waals surface area contributed by atoms with Crippen molar-refractivity contribution >= 4 is 29.0 Å². The van der Waals surface area contributed by atoms with Crippen molar-refractivity contribution in [3.8, 4) is 0 Å². The number of nitrogens with zero attached hydrogens (tertiary/aromatic N) is 1. The van der Waals surface area contributed by atoms with Crippen molar-refractivity contribution in [1.82, 2.24) is 5.16 Å². The Hall–Kier alpha value is -2.46. The number of rotatable bonds is 3. The molecule has 1 unspecified atom stereocenters. The van der Waals surface area contributed by atoms with Gasteiger partial charge in [0, 0.05) is 17.9 Å². The highest BCUT2D eigenvalue weighted by molar-refractivity contribution is 7.80. The summed E-state index contributed by atoms with van der Waals surface area (Å²) in [5, 5.41) is 24.8. The number of esters is 1. The average molecular weight is 508 g/mol. The Labute approximate surface area is 206 Å². The van der Waals surface area contributed by atoms with Crippen molar-refractivity contribution < 1.29 is 37.8 Å². The van der Waals surface area contributed by atoms with E-state index in [1.165, 1.54) is 19.2 Å². The normalized spacial score (nSPS) is 44.5. The summed E-state index contributed by atoms with van der Waals surface area (Å²) < 4.78 is 43.0. The summed E-state index contributed by atoms with van der Waals surface area (Å²) in [6.07, 6.45) is 0.494. The van der Waals surface area contributed by atoms with Crippen LogP contribution in [0.1, 0.15) is 50.6 Å². The second kappa shape index (κ2) is 7.77. The van der Waals surface area contributed by atoms with Crippen molar-refractivity contribution in [3.63, 3.8) is 0 Å². The summed E-state index contributed by atoms with van der Waals surface area (Å²) in [5.74, 6) is -4.25. The van der Waals surface area contributed by atoms with Gasteiger partial charge < -0.3 is 19.5 Å². The predicted molar refractivity (Wildman–Crippen MR) is 123 cm³/mol. The van der Waals surface area contributed by atoms with Gasteiger partial charge >= 0.3 is 5.97 Å². The van der Waals surface area contributed by atoms with Crippen molar-refractivity contribution in [3.05, 3.63) is 41.5 Å². The number of ether oxygens (including phenoxy) is 1. The third-order valence-electron chi connectivity index (χ3n) is 9.15. The largest absolute Gasteiger partial charge is 0.502 e. The van der Waals surface area contributed by atoms with Gasteiger partial charge in [-0.05, 0) is 73.4 Å². The van der Waals surface area contributed by atoms with Crippen LogP contribution in [0.15, 0.2) is 40.3 Å². The molecule has 1 heterocycles. The summed E-state index contributed by atoms with van der Waals surface area (Å²) in [6.45, 7) is 5.24. The van der Waals surface area contributed by atoms with Gasteiger partial charge in [-0.15, -0.1) is 0 Å². The molecule has 2 N–H and O–H groups in total. The zero-order valence-corrected chi connectivity index (χ0v) is 20.4. The molecule has 1 aromatic rings. The van der Waals surface area contributed by atoms with Crippen LogP contribution >= 0.6 is 12.2 Å². The Morgan fingerprint density at radius 3 is 2.66 bits per heavy atom. The Morgan fingerprint density at radius 2 is 2.03 bits per heavy atom. The molecular weight excluding hydrogens is 480 g/mol. The maximum absolute atomic E-state index is 17.4. The number of fused-ring (bicyclic) bond motifs is 5. The summed E-state index contributed by atoms with van der Waals surface area (Å²) in [6, 6.07) is 1.25. The van der Waals surface area contributed by atoms with E-state index >= 15 is 8.78 Å². The molecule has 188 valence electrons. The van der Waals surface area contributed by atoms with E-state index in [-0.39, 0.29) is 41.1 Å². The van der Waals surface area contributed by atoms with Crippen LogP contribution in [0.4, 0.5) is 8.78 Å². The summed E-state index contributed by atoms with van der Waals surface area (Å²) >= 11 is 5.12. The highest BCUT2D eigenvalue weighted by atomic mass is 32.1. The standard InChI is InChI=1S/C25H27F2NO6S/c1-11-6-12-13-7-15(26)14-8-16(29)18(33-21(31)17-4-5-28-34-17)9-24(14,3)25(13,27)19(30)10-23(12,2)20(11)22(32)35/h4-5,8-9,11-13,15,19-20,30H,6-7,10H2,1-3H3,(H,32,35)/t11?,12-,13+,15-,19-,20-,23-,24-,25-/m0/s1. The SMILES string of the molecule is CC1C[C@H]2[C@H]3C[C@H](F)C4=CC(=O)C(OC(=O)c5ccno5)=C[C@]4(C)[C@@]3(F)[C@@H](O)C[C@]2(C)[C@@H]1C(O)=S. The first-order valence-electron chi connectivity index (χ1n) is 11.7. The quantitative estimate of drug-likeness (QED) is 0.462. The zero-order chi connectivity index (χ0) is 25.5. The van der Waals surface area contributed by atoms with Crippen molar-refractivity contribution in [2.24, 2.45) is 34.5 Å². The summed E-state index contributed by atoms with van der Waals surface area (Å²) in [7, 11) is 0. The summed E-state index contributed by atoms with van der Waals surface area (Å²) in [5.41, 5.74) is -4.88. The van der Waals surface area contributed by atoms with Gasteiger partial charge in [0.1, 0.15) is 6.17 Å². The molecule has 0 aromatic carbocycles. The van der Waals surface area contributed by atoms with E-state index in [4.69, 9.17) is 21.5 Å². The van der Waals surface area contributed by atoms with E-state index in [1.54, 1.807) is 0 Å². The van der Waals surface area contributed by atoms with Crippen molar-refractivity contribution in [2.45, 2.75) is 58.0 Å². The Kier molecular flexibility index (Phi) is 5.38. The Bertz CT molecular complexity index is 1170. The third kappa shape index (κ3) is 3.15. The number of aliphatic hydroxyl groups is 2. The number of aromatic nitrogens is 1. The van der Waals surface area contributed by atoms with E-state index in [2.05, 4.69) is 5.16 Å². The van der Waals surface area contributed by atoms with Crippen LogP contribution in [0.3, 0.4) is 0 Å². The number of aliphatic hydroxyl groups excluding tert-OH is 2. The van der Waals surface area contributed by atoms with Crippen LogP contribution in [0.2, 0.25) is 0 Å². The van der Waals surface area contributed by atoms with E-state index in [0.29, 0.717) is 6.42 Å². The molecule has 5 rings (SSSR count). The van der Waals surface area contributed by atoms with E-state index in [0.717, 1.165) is 12.2 Å². The molecule has 1 aromatic heterocycles. The second-order valence-electron chi connectivity index (χ2n) is 10.9. The minimum Gasteiger partial charge on any atom is -0.502 e. The van der Waals surface area contributed by atoms with Crippen LogP contribution in [0.25, 0.3) is 0 Å². The fourth-order valence-corrected chi connectivity index (χ4v) is 8.22. The number of allylic oxidation sites excluding steroid dienone is 3. The molecular formula is C25H27F2NO6S. The van der Waals surface area contributed by atoms with Crippen LogP contribution < -0.4 is 0 Å². The lowest BCUT2D eigenvalue weighted by molar-refractivity contribution is -0.199. The monoisotopic (exact) mass is 507 g/mol. The first-order valence-corrected chi connectivity index (χ1v) is 12.1. The third-order valence-corrected chi connectivity index (χ3v) is 9.40. The van der Waals surface area contributed by atoms with Gasteiger partial charge in [-0.1, -0.05) is 19.0 Å². The highest BCUT2D eigenvalue weighted by Gasteiger charge is 2.73. The minimum absolute atomic E-state index is 0.00910. The van der Waals surface area contributed by atoms with Crippen LogP contribution in [-0.2, 0) is 9.53 Å².